The zero-order valence-electron chi connectivity index (χ0n) is 8.22. The van der Waals surface area contributed by atoms with E-state index in [0.29, 0.717) is 5.56 Å². The highest BCUT2D eigenvalue weighted by Gasteiger charge is 2.17. The third-order valence-electron chi connectivity index (χ3n) is 2.48. The van der Waals surface area contributed by atoms with Crippen LogP contribution in [0.25, 0.3) is 0 Å². The molecule has 15 heavy (non-hydrogen) atoms. The van der Waals surface area contributed by atoms with Crippen molar-refractivity contribution < 1.29 is 14.6 Å². The molecule has 0 amide bonds. The van der Waals surface area contributed by atoms with E-state index in [2.05, 4.69) is 0 Å². The van der Waals surface area contributed by atoms with Gasteiger partial charge in [0.25, 0.3) is 0 Å². The van der Waals surface area contributed by atoms with Crippen molar-refractivity contribution >= 4 is 6.29 Å². The van der Waals surface area contributed by atoms with Gasteiger partial charge < -0.3 is 9.84 Å². The van der Waals surface area contributed by atoms with Crippen molar-refractivity contribution in [1.82, 2.24) is 0 Å². The molecule has 1 aliphatic rings. The number of aromatic hydroxyl groups is 1. The maximum Gasteiger partial charge on any atom is 0.150 e. The Labute approximate surface area is 88.0 Å². The number of aldehydes is 1. The monoisotopic (exact) mass is 204 g/mol. The molecule has 1 aliphatic heterocycles. The number of phenols is 1. The number of rotatable bonds is 2. The van der Waals surface area contributed by atoms with E-state index in [1.165, 1.54) is 6.07 Å². The lowest BCUT2D eigenvalue weighted by molar-refractivity contribution is 0.109. The molecule has 0 spiro atoms. The molecule has 0 bridgehead atoms. The summed E-state index contributed by atoms with van der Waals surface area (Å²) in [6.45, 7) is 0. The lowest BCUT2D eigenvalue weighted by Crippen LogP contribution is -2.06. The molecule has 1 aromatic rings. The molecule has 0 aliphatic carbocycles. The van der Waals surface area contributed by atoms with Crippen LogP contribution in [0.1, 0.15) is 34.9 Å². The van der Waals surface area contributed by atoms with Crippen molar-refractivity contribution in [3.05, 3.63) is 41.7 Å². The maximum absolute atomic E-state index is 10.8. The molecule has 78 valence electrons. The van der Waals surface area contributed by atoms with E-state index in [-0.39, 0.29) is 11.9 Å². The Morgan fingerprint density at radius 1 is 1.47 bits per heavy atom. The summed E-state index contributed by atoms with van der Waals surface area (Å²) in [5.41, 5.74) is 1.34. The summed E-state index contributed by atoms with van der Waals surface area (Å²) < 4.78 is 5.41. The third kappa shape index (κ3) is 2.01. The average molecular weight is 204 g/mol. The first kappa shape index (κ1) is 9.77. The molecule has 0 saturated heterocycles. The summed E-state index contributed by atoms with van der Waals surface area (Å²) in [5.74, 6) is 0.161. The number of benzene rings is 1. The van der Waals surface area contributed by atoms with Crippen LogP contribution in [-0.2, 0) is 4.74 Å². The highest BCUT2D eigenvalue weighted by molar-refractivity contribution is 5.78. The SMILES string of the molecule is O=Cc1ccc(O)cc1C1CCC=CO1. The van der Waals surface area contributed by atoms with Gasteiger partial charge >= 0.3 is 0 Å². The van der Waals surface area contributed by atoms with Gasteiger partial charge in [0.1, 0.15) is 18.1 Å². The topological polar surface area (TPSA) is 46.5 Å². The summed E-state index contributed by atoms with van der Waals surface area (Å²) in [6.07, 6.45) is 6.02. The minimum Gasteiger partial charge on any atom is -0.508 e. The number of allylic oxidation sites excluding steroid dienone is 1. The van der Waals surface area contributed by atoms with E-state index in [9.17, 15) is 9.90 Å². The molecule has 1 atom stereocenters. The molecule has 0 radical (unpaired) electrons. The van der Waals surface area contributed by atoms with Crippen LogP contribution in [0.5, 0.6) is 5.75 Å². The molecular formula is C12H12O3. The average Bonchev–Trinajstić information content (AvgIpc) is 2.30. The normalized spacial score (nSPS) is 19.6. The van der Waals surface area contributed by atoms with E-state index in [1.807, 2.05) is 6.08 Å². The van der Waals surface area contributed by atoms with Gasteiger partial charge in [0.2, 0.25) is 0 Å². The number of ether oxygens (including phenoxy) is 1. The van der Waals surface area contributed by atoms with E-state index in [4.69, 9.17) is 4.74 Å². The minimum absolute atomic E-state index is 0.123. The van der Waals surface area contributed by atoms with Crippen LogP contribution in [0.2, 0.25) is 0 Å². The predicted molar refractivity (Wildman–Crippen MR) is 55.7 cm³/mol. The molecule has 3 nitrogen and oxygen atoms in total. The van der Waals surface area contributed by atoms with Crippen LogP contribution in [0.4, 0.5) is 0 Å². The zero-order valence-corrected chi connectivity index (χ0v) is 8.22. The second-order valence-electron chi connectivity index (χ2n) is 3.50. The van der Waals surface area contributed by atoms with Gasteiger partial charge in [0, 0.05) is 11.1 Å². The number of carbonyl (C=O) groups is 1. The second-order valence-corrected chi connectivity index (χ2v) is 3.50. The van der Waals surface area contributed by atoms with Gasteiger partial charge in [-0.1, -0.05) is 0 Å². The van der Waals surface area contributed by atoms with Crippen LogP contribution in [0, 0.1) is 0 Å². The second kappa shape index (κ2) is 4.17. The number of hydrogen-bond acceptors (Lipinski definition) is 3. The molecule has 2 rings (SSSR count). The van der Waals surface area contributed by atoms with E-state index in [0.717, 1.165) is 24.7 Å². The molecule has 3 heteroatoms. The number of phenolic OH excluding ortho intramolecular Hbond substituents is 1. The van der Waals surface area contributed by atoms with Crippen molar-refractivity contribution in [1.29, 1.82) is 0 Å². The van der Waals surface area contributed by atoms with Gasteiger partial charge in [-0.2, -0.15) is 0 Å². The fraction of sp³-hybridized carbons (Fsp3) is 0.250. The largest absolute Gasteiger partial charge is 0.508 e. The van der Waals surface area contributed by atoms with Crippen LogP contribution in [-0.4, -0.2) is 11.4 Å². The first-order chi connectivity index (χ1) is 7.31. The lowest BCUT2D eigenvalue weighted by atomic mass is 9.98. The van der Waals surface area contributed by atoms with Crippen molar-refractivity contribution in [2.24, 2.45) is 0 Å². The van der Waals surface area contributed by atoms with Crippen LogP contribution in [0.3, 0.4) is 0 Å². The predicted octanol–water partition coefficient (Wildman–Crippen LogP) is 2.57. The van der Waals surface area contributed by atoms with E-state index >= 15 is 0 Å². The van der Waals surface area contributed by atoms with Gasteiger partial charge in [-0.15, -0.1) is 0 Å². The lowest BCUT2D eigenvalue weighted by Gasteiger charge is -2.21. The number of carbonyl (C=O) groups excluding carboxylic acids is 1. The van der Waals surface area contributed by atoms with Gasteiger partial charge in [0.15, 0.2) is 0 Å². The summed E-state index contributed by atoms with van der Waals surface area (Å²) in [4.78, 5) is 10.8. The van der Waals surface area contributed by atoms with Crippen molar-refractivity contribution in [2.45, 2.75) is 18.9 Å². The van der Waals surface area contributed by atoms with Crippen LogP contribution in [0.15, 0.2) is 30.5 Å². The summed E-state index contributed by atoms with van der Waals surface area (Å²) in [7, 11) is 0. The van der Waals surface area contributed by atoms with Gasteiger partial charge in [-0.25, -0.2) is 0 Å². The third-order valence-corrected chi connectivity index (χ3v) is 2.48. The Bertz CT molecular complexity index is 396. The molecule has 1 N–H and O–H groups in total. The highest BCUT2D eigenvalue weighted by Crippen LogP contribution is 2.30. The quantitative estimate of drug-likeness (QED) is 0.753. The Morgan fingerprint density at radius 2 is 2.33 bits per heavy atom. The van der Waals surface area contributed by atoms with E-state index in [1.54, 1.807) is 18.4 Å². The fourth-order valence-electron chi connectivity index (χ4n) is 1.71. The Kier molecular flexibility index (Phi) is 2.72. The first-order valence-electron chi connectivity index (χ1n) is 4.90. The standard InChI is InChI=1S/C12H12O3/c13-8-9-4-5-10(14)7-11(9)12-3-1-2-6-15-12/h2,4-8,12,14H,1,3H2. The molecule has 0 aromatic heterocycles. The first-order valence-corrected chi connectivity index (χ1v) is 4.90. The van der Waals surface area contributed by atoms with Crippen LogP contribution >= 0.6 is 0 Å². The zero-order chi connectivity index (χ0) is 10.7. The molecule has 1 heterocycles. The van der Waals surface area contributed by atoms with Gasteiger partial charge in [0.05, 0.1) is 6.26 Å². The highest BCUT2D eigenvalue weighted by atomic mass is 16.5. The van der Waals surface area contributed by atoms with Crippen molar-refractivity contribution in [3.63, 3.8) is 0 Å². The van der Waals surface area contributed by atoms with E-state index < -0.39 is 0 Å². The van der Waals surface area contributed by atoms with Crippen molar-refractivity contribution in [2.75, 3.05) is 0 Å². The van der Waals surface area contributed by atoms with Gasteiger partial charge in [-0.05, 0) is 37.1 Å². The Hall–Kier alpha value is -1.77. The summed E-state index contributed by atoms with van der Waals surface area (Å²) >= 11 is 0. The molecule has 0 saturated carbocycles. The molecule has 1 aromatic carbocycles. The molecule has 0 fully saturated rings. The summed E-state index contributed by atoms with van der Waals surface area (Å²) in [5, 5.41) is 9.37. The minimum atomic E-state index is -0.123. The smallest absolute Gasteiger partial charge is 0.150 e. The van der Waals surface area contributed by atoms with Crippen LogP contribution < -0.4 is 0 Å². The maximum atomic E-state index is 10.8. The fourth-order valence-corrected chi connectivity index (χ4v) is 1.71. The number of hydrogen-bond donors (Lipinski definition) is 1. The van der Waals surface area contributed by atoms with Crippen molar-refractivity contribution in [3.8, 4) is 5.75 Å². The Balaban J connectivity index is 2.36. The molecule has 1 unspecified atom stereocenters. The summed E-state index contributed by atoms with van der Waals surface area (Å²) in [6, 6.07) is 4.71. The molecular weight excluding hydrogens is 192 g/mol. The Morgan fingerprint density at radius 3 is 3.00 bits per heavy atom. The van der Waals surface area contributed by atoms with Gasteiger partial charge in [-0.3, -0.25) is 4.79 Å².